The Balaban J connectivity index is 1.53. The quantitative estimate of drug-likeness (QED) is 0.679. The van der Waals surface area contributed by atoms with Gasteiger partial charge in [-0.15, -0.1) is 0 Å². The second kappa shape index (κ2) is 6.43. The predicted octanol–water partition coefficient (Wildman–Crippen LogP) is 3.08. The van der Waals surface area contributed by atoms with E-state index < -0.39 is 0 Å². The van der Waals surface area contributed by atoms with E-state index in [2.05, 4.69) is 32.0 Å². The third-order valence-corrected chi connectivity index (χ3v) is 4.89. The van der Waals surface area contributed by atoms with Gasteiger partial charge in [0.25, 0.3) is 0 Å². The van der Waals surface area contributed by atoms with Crippen molar-refractivity contribution in [2.24, 2.45) is 0 Å². The fourth-order valence-corrected chi connectivity index (χ4v) is 3.62. The predicted molar refractivity (Wildman–Crippen MR) is 96.8 cm³/mol. The highest BCUT2D eigenvalue weighted by Crippen LogP contribution is 2.29. The maximum atomic E-state index is 8.98. The second-order valence-corrected chi connectivity index (χ2v) is 6.73. The first-order valence-electron chi connectivity index (χ1n) is 7.81. The van der Waals surface area contributed by atoms with E-state index in [0.717, 1.165) is 46.4 Å². The van der Waals surface area contributed by atoms with Crippen LogP contribution in [0.4, 0.5) is 16.6 Å². The average molecular weight is 336 g/mol. The van der Waals surface area contributed by atoms with Gasteiger partial charge in [-0.3, -0.25) is 0 Å². The van der Waals surface area contributed by atoms with Crippen LogP contribution in [0.1, 0.15) is 12.0 Å². The van der Waals surface area contributed by atoms with E-state index in [0.29, 0.717) is 11.6 Å². The van der Waals surface area contributed by atoms with Crippen LogP contribution in [0.15, 0.2) is 36.5 Å². The first-order chi connectivity index (χ1) is 11.8. The first-order valence-corrected chi connectivity index (χ1v) is 8.63. The van der Waals surface area contributed by atoms with Gasteiger partial charge in [-0.25, -0.2) is 9.97 Å². The number of anilines is 3. The van der Waals surface area contributed by atoms with Crippen molar-refractivity contribution in [1.82, 2.24) is 15.3 Å². The van der Waals surface area contributed by atoms with Gasteiger partial charge in [0.1, 0.15) is 5.82 Å². The Kier molecular flexibility index (Phi) is 3.99. The summed E-state index contributed by atoms with van der Waals surface area (Å²) in [4.78, 5) is 8.90. The molecule has 3 aromatic rings. The molecule has 7 heteroatoms. The molecule has 2 aromatic heterocycles. The molecule has 1 aliphatic rings. The van der Waals surface area contributed by atoms with Crippen LogP contribution in [0.3, 0.4) is 0 Å². The highest BCUT2D eigenvalue weighted by atomic mass is 32.1. The summed E-state index contributed by atoms with van der Waals surface area (Å²) in [5.74, 6) is 0.755. The van der Waals surface area contributed by atoms with Crippen molar-refractivity contribution in [3.05, 3.63) is 42.1 Å². The van der Waals surface area contributed by atoms with Crippen LogP contribution in [-0.2, 0) is 0 Å². The van der Waals surface area contributed by atoms with Crippen molar-refractivity contribution >= 4 is 38.2 Å². The summed E-state index contributed by atoms with van der Waals surface area (Å²) < 4.78 is 1.04. The van der Waals surface area contributed by atoms with Gasteiger partial charge in [-0.2, -0.15) is 5.26 Å². The smallest absolute Gasteiger partial charge is 0.189 e. The van der Waals surface area contributed by atoms with Crippen LogP contribution in [0.2, 0.25) is 0 Å². The van der Waals surface area contributed by atoms with E-state index in [9.17, 15) is 0 Å². The molecule has 0 bridgehead atoms. The van der Waals surface area contributed by atoms with Crippen LogP contribution >= 0.6 is 11.3 Å². The molecule has 1 atom stereocenters. The summed E-state index contributed by atoms with van der Waals surface area (Å²) in [6, 6.07) is 12.1. The van der Waals surface area contributed by atoms with Gasteiger partial charge in [0, 0.05) is 30.5 Å². The zero-order valence-corrected chi connectivity index (χ0v) is 13.7. The zero-order valence-electron chi connectivity index (χ0n) is 12.9. The maximum Gasteiger partial charge on any atom is 0.189 e. The minimum absolute atomic E-state index is 0.465. The lowest BCUT2D eigenvalue weighted by molar-refractivity contribution is 0.793. The average Bonchev–Trinajstić information content (AvgIpc) is 3.23. The van der Waals surface area contributed by atoms with E-state index >= 15 is 0 Å². The molecule has 1 fully saturated rings. The first kappa shape index (κ1) is 14.9. The highest BCUT2D eigenvalue weighted by molar-refractivity contribution is 7.22. The van der Waals surface area contributed by atoms with Gasteiger partial charge < -0.3 is 16.0 Å². The van der Waals surface area contributed by atoms with Gasteiger partial charge >= 0.3 is 0 Å². The standard InChI is InChI=1S/C17H16N6S/c18-9-11-1-2-15-14(7-11)22-17(24-15)23-16-8-12(4-6-20-16)21-13-3-5-19-10-13/h1-2,4,6-8,13,19H,3,5,10H2,(H2,20,21,22,23). The van der Waals surface area contributed by atoms with E-state index in [-0.39, 0.29) is 0 Å². The third kappa shape index (κ3) is 3.15. The lowest BCUT2D eigenvalue weighted by Gasteiger charge is -2.13. The van der Waals surface area contributed by atoms with E-state index in [1.165, 1.54) is 0 Å². The Hall–Kier alpha value is -2.69. The number of fused-ring (bicyclic) bond motifs is 1. The number of thiazole rings is 1. The van der Waals surface area contributed by atoms with Crippen molar-refractivity contribution in [3.8, 4) is 6.07 Å². The summed E-state index contributed by atoms with van der Waals surface area (Å²) in [7, 11) is 0. The molecule has 1 unspecified atom stereocenters. The van der Waals surface area contributed by atoms with Gasteiger partial charge in [0.15, 0.2) is 5.13 Å². The molecule has 0 saturated carbocycles. The van der Waals surface area contributed by atoms with Gasteiger partial charge in [0.05, 0.1) is 21.8 Å². The fraction of sp³-hybridized carbons (Fsp3) is 0.235. The number of nitriles is 1. The molecular formula is C17H16N6S. The minimum Gasteiger partial charge on any atom is -0.381 e. The molecule has 0 aliphatic carbocycles. The molecule has 24 heavy (non-hydrogen) atoms. The van der Waals surface area contributed by atoms with Crippen LogP contribution in [0.5, 0.6) is 0 Å². The molecule has 4 rings (SSSR count). The fourth-order valence-electron chi connectivity index (χ4n) is 2.76. The van der Waals surface area contributed by atoms with Gasteiger partial charge in [-0.1, -0.05) is 11.3 Å². The number of pyridine rings is 1. The number of nitrogens with one attached hydrogen (secondary N) is 3. The van der Waals surface area contributed by atoms with Crippen LogP contribution in [0, 0.1) is 11.3 Å². The number of rotatable bonds is 4. The normalized spacial score (nSPS) is 16.9. The molecule has 0 spiro atoms. The van der Waals surface area contributed by atoms with Crippen LogP contribution in [0.25, 0.3) is 10.2 Å². The summed E-state index contributed by atoms with van der Waals surface area (Å²) in [6.45, 7) is 2.05. The van der Waals surface area contributed by atoms with Crippen molar-refractivity contribution < 1.29 is 0 Å². The van der Waals surface area contributed by atoms with Crippen molar-refractivity contribution in [3.63, 3.8) is 0 Å². The monoisotopic (exact) mass is 336 g/mol. The van der Waals surface area contributed by atoms with Crippen LogP contribution in [-0.4, -0.2) is 29.1 Å². The SMILES string of the molecule is N#Cc1ccc2sc(Nc3cc(NC4CCNC4)ccn3)nc2c1. The summed E-state index contributed by atoms with van der Waals surface area (Å²) >= 11 is 1.55. The zero-order chi connectivity index (χ0) is 16.4. The number of aromatic nitrogens is 2. The molecule has 3 heterocycles. The molecule has 0 radical (unpaired) electrons. The number of hydrogen-bond donors (Lipinski definition) is 3. The molecule has 1 aliphatic heterocycles. The Labute approximate surface area is 143 Å². The molecule has 6 nitrogen and oxygen atoms in total. The lowest BCUT2D eigenvalue weighted by Crippen LogP contribution is -2.22. The minimum atomic E-state index is 0.465. The molecular weight excluding hydrogens is 320 g/mol. The Morgan fingerprint density at radius 1 is 1.29 bits per heavy atom. The molecule has 0 amide bonds. The molecule has 1 aromatic carbocycles. The lowest BCUT2D eigenvalue weighted by atomic mass is 10.2. The van der Waals surface area contributed by atoms with Crippen molar-refractivity contribution in [2.75, 3.05) is 23.7 Å². The number of hydrogen-bond acceptors (Lipinski definition) is 7. The number of benzene rings is 1. The largest absolute Gasteiger partial charge is 0.381 e. The van der Waals surface area contributed by atoms with Crippen molar-refractivity contribution in [1.29, 1.82) is 5.26 Å². The second-order valence-electron chi connectivity index (χ2n) is 5.70. The topological polar surface area (TPSA) is 85.7 Å². The summed E-state index contributed by atoms with van der Waals surface area (Å²) in [6.07, 6.45) is 2.92. The van der Waals surface area contributed by atoms with E-state index in [1.807, 2.05) is 24.3 Å². The maximum absolute atomic E-state index is 8.98. The summed E-state index contributed by atoms with van der Waals surface area (Å²) in [5.41, 5.74) is 2.50. The Bertz CT molecular complexity index is 907. The van der Waals surface area contributed by atoms with E-state index in [1.54, 1.807) is 23.6 Å². The molecule has 3 N–H and O–H groups in total. The number of nitrogens with zero attached hydrogens (tertiary/aromatic N) is 3. The Morgan fingerprint density at radius 2 is 2.25 bits per heavy atom. The third-order valence-electron chi connectivity index (χ3n) is 3.94. The van der Waals surface area contributed by atoms with Crippen LogP contribution < -0.4 is 16.0 Å². The highest BCUT2D eigenvalue weighted by Gasteiger charge is 2.14. The van der Waals surface area contributed by atoms with Gasteiger partial charge in [-0.05, 0) is 37.2 Å². The van der Waals surface area contributed by atoms with E-state index in [4.69, 9.17) is 5.26 Å². The Morgan fingerprint density at radius 3 is 3.08 bits per heavy atom. The van der Waals surface area contributed by atoms with Crippen molar-refractivity contribution in [2.45, 2.75) is 12.5 Å². The van der Waals surface area contributed by atoms with Gasteiger partial charge in [0.2, 0.25) is 0 Å². The molecule has 1 saturated heterocycles. The molecule has 120 valence electrons. The summed E-state index contributed by atoms with van der Waals surface area (Å²) in [5, 5.41) is 19.9.